The highest BCUT2D eigenvalue weighted by Crippen LogP contribution is 2.35. The lowest BCUT2D eigenvalue weighted by Crippen LogP contribution is -2.16. The second-order valence-electron chi connectivity index (χ2n) is 5.76. The van der Waals surface area contributed by atoms with Gasteiger partial charge in [0.15, 0.2) is 17.3 Å². The second-order valence-corrected chi connectivity index (χ2v) is 6.16. The number of amides is 1. The van der Waals surface area contributed by atoms with Gasteiger partial charge < -0.3 is 13.9 Å². The number of nitrogens with one attached hydrogen (secondary N) is 1. The molecule has 3 aromatic rings. The van der Waals surface area contributed by atoms with Crippen molar-refractivity contribution in [3.05, 3.63) is 62.9 Å². The molecule has 150 valence electrons. The summed E-state index contributed by atoms with van der Waals surface area (Å²) in [6.45, 7) is 2.25. The first-order valence-electron chi connectivity index (χ1n) is 8.44. The molecule has 0 bridgehead atoms. The zero-order valence-corrected chi connectivity index (χ0v) is 16.2. The Bertz CT molecular complexity index is 1110. The zero-order chi connectivity index (χ0) is 21.0. The van der Waals surface area contributed by atoms with Crippen molar-refractivity contribution in [3.8, 4) is 11.5 Å². The number of benzene rings is 2. The van der Waals surface area contributed by atoms with Crippen LogP contribution < -0.4 is 14.9 Å². The third kappa shape index (κ3) is 4.46. The Morgan fingerprint density at radius 1 is 1.34 bits per heavy atom. The van der Waals surface area contributed by atoms with Crippen LogP contribution in [0.15, 0.2) is 45.9 Å². The maximum atomic E-state index is 12.2. The van der Waals surface area contributed by atoms with Gasteiger partial charge in [0, 0.05) is 17.5 Å². The number of nitrogens with zero attached hydrogens (tertiary/aromatic N) is 2. The number of furan rings is 1. The standard InChI is InChI=1S/C19H16ClN3O6/c1-3-28-16-7-11(6-14(20)18(16)27-2)10-21-22-19(24)17-9-12-8-13(23(25)26)4-5-15(12)29-17/h4-10H,3H2,1-2H3,(H,22,24)/b21-10+. The monoisotopic (exact) mass is 417 g/mol. The van der Waals surface area contributed by atoms with E-state index >= 15 is 0 Å². The molecule has 0 aliphatic heterocycles. The normalized spacial score (nSPS) is 11.0. The minimum Gasteiger partial charge on any atom is -0.491 e. The Labute approximate surface area is 170 Å². The molecule has 1 aromatic heterocycles. The predicted octanol–water partition coefficient (Wildman–Crippen LogP) is 4.17. The molecule has 0 fully saturated rings. The minimum absolute atomic E-state index is 0.0274. The number of hydrogen-bond acceptors (Lipinski definition) is 7. The van der Waals surface area contributed by atoms with E-state index in [0.717, 1.165) is 0 Å². The van der Waals surface area contributed by atoms with Gasteiger partial charge in [-0.15, -0.1) is 0 Å². The number of ether oxygens (including phenoxy) is 2. The number of nitro groups is 1. The summed E-state index contributed by atoms with van der Waals surface area (Å²) < 4.78 is 16.1. The number of hydrogen-bond donors (Lipinski definition) is 1. The van der Waals surface area contributed by atoms with Crippen LogP contribution in [-0.2, 0) is 0 Å². The number of rotatable bonds is 7. The number of fused-ring (bicyclic) bond motifs is 1. The van der Waals surface area contributed by atoms with Crippen LogP contribution in [0.25, 0.3) is 11.0 Å². The number of carbonyl (C=O) groups is 1. The maximum Gasteiger partial charge on any atom is 0.307 e. The fourth-order valence-electron chi connectivity index (χ4n) is 2.60. The van der Waals surface area contributed by atoms with Crippen molar-refractivity contribution in [2.24, 2.45) is 5.10 Å². The quantitative estimate of drug-likeness (QED) is 0.350. The Balaban J connectivity index is 1.75. The summed E-state index contributed by atoms with van der Waals surface area (Å²) in [5.74, 6) is 0.227. The van der Waals surface area contributed by atoms with Crippen molar-refractivity contribution in [2.75, 3.05) is 13.7 Å². The fourth-order valence-corrected chi connectivity index (χ4v) is 2.90. The largest absolute Gasteiger partial charge is 0.491 e. The van der Waals surface area contributed by atoms with E-state index in [-0.39, 0.29) is 11.4 Å². The molecule has 1 N–H and O–H groups in total. The maximum absolute atomic E-state index is 12.2. The smallest absolute Gasteiger partial charge is 0.307 e. The van der Waals surface area contributed by atoms with Gasteiger partial charge in [-0.3, -0.25) is 14.9 Å². The Morgan fingerprint density at radius 3 is 2.83 bits per heavy atom. The van der Waals surface area contributed by atoms with E-state index in [0.29, 0.717) is 39.7 Å². The number of non-ortho nitro benzene ring substituents is 1. The molecule has 0 radical (unpaired) electrons. The summed E-state index contributed by atoms with van der Waals surface area (Å²) in [5, 5.41) is 15.5. The first-order chi connectivity index (χ1) is 13.9. The van der Waals surface area contributed by atoms with E-state index in [1.54, 1.807) is 12.1 Å². The lowest BCUT2D eigenvalue weighted by Gasteiger charge is -2.11. The summed E-state index contributed by atoms with van der Waals surface area (Å²) in [6, 6.07) is 8.75. The Kier molecular flexibility index (Phi) is 5.99. The van der Waals surface area contributed by atoms with Crippen LogP contribution in [0.5, 0.6) is 11.5 Å². The van der Waals surface area contributed by atoms with Crippen molar-refractivity contribution in [2.45, 2.75) is 6.92 Å². The van der Waals surface area contributed by atoms with E-state index in [1.807, 2.05) is 6.92 Å². The summed E-state index contributed by atoms with van der Waals surface area (Å²) in [4.78, 5) is 22.6. The number of carbonyl (C=O) groups excluding carboxylic acids is 1. The van der Waals surface area contributed by atoms with Crippen LogP contribution in [0, 0.1) is 10.1 Å². The average Bonchev–Trinajstić information content (AvgIpc) is 3.11. The SMILES string of the molecule is CCOc1cc(/C=N/NC(=O)c2cc3cc([N+](=O)[O-])ccc3o2)cc(Cl)c1OC. The molecule has 0 spiro atoms. The summed E-state index contributed by atoms with van der Waals surface area (Å²) in [7, 11) is 1.49. The second kappa shape index (κ2) is 8.61. The van der Waals surface area contributed by atoms with E-state index in [4.69, 9.17) is 25.5 Å². The highest BCUT2D eigenvalue weighted by molar-refractivity contribution is 6.32. The molecule has 10 heteroatoms. The van der Waals surface area contributed by atoms with Gasteiger partial charge in [-0.05, 0) is 36.8 Å². The summed E-state index contributed by atoms with van der Waals surface area (Å²) >= 11 is 6.17. The molecule has 0 aliphatic carbocycles. The Morgan fingerprint density at radius 2 is 2.14 bits per heavy atom. The first kappa shape index (κ1) is 20.2. The first-order valence-corrected chi connectivity index (χ1v) is 8.82. The molecule has 0 saturated heterocycles. The number of nitro benzene ring substituents is 1. The molecule has 2 aromatic carbocycles. The van der Waals surface area contributed by atoms with Gasteiger partial charge in [0.2, 0.25) is 0 Å². The van der Waals surface area contributed by atoms with E-state index < -0.39 is 10.8 Å². The van der Waals surface area contributed by atoms with Gasteiger partial charge in [0.1, 0.15) is 5.58 Å². The van der Waals surface area contributed by atoms with E-state index in [9.17, 15) is 14.9 Å². The highest BCUT2D eigenvalue weighted by atomic mass is 35.5. The molecule has 3 rings (SSSR count). The van der Waals surface area contributed by atoms with Crippen LogP contribution in [0.2, 0.25) is 5.02 Å². The molecular formula is C19H16ClN3O6. The molecule has 1 amide bonds. The Hall–Kier alpha value is -3.59. The lowest BCUT2D eigenvalue weighted by atomic mass is 10.2. The van der Waals surface area contributed by atoms with Crippen LogP contribution in [0.3, 0.4) is 0 Å². The third-order valence-electron chi connectivity index (χ3n) is 3.85. The lowest BCUT2D eigenvalue weighted by molar-refractivity contribution is -0.384. The van der Waals surface area contributed by atoms with Crippen molar-refractivity contribution in [1.29, 1.82) is 0 Å². The van der Waals surface area contributed by atoms with Gasteiger partial charge in [0.25, 0.3) is 5.69 Å². The molecular weight excluding hydrogens is 402 g/mol. The third-order valence-corrected chi connectivity index (χ3v) is 4.13. The number of methoxy groups -OCH3 is 1. The van der Waals surface area contributed by atoms with Crippen molar-refractivity contribution < 1.29 is 23.6 Å². The van der Waals surface area contributed by atoms with Crippen LogP contribution in [0.1, 0.15) is 23.0 Å². The molecule has 0 saturated carbocycles. The average molecular weight is 418 g/mol. The molecule has 9 nitrogen and oxygen atoms in total. The van der Waals surface area contributed by atoms with Crippen LogP contribution >= 0.6 is 11.6 Å². The van der Waals surface area contributed by atoms with Crippen molar-refractivity contribution >= 4 is 40.4 Å². The number of hydrazone groups is 1. The fraction of sp³-hybridized carbons (Fsp3) is 0.158. The summed E-state index contributed by atoms with van der Waals surface area (Å²) in [6.07, 6.45) is 1.39. The molecule has 0 aliphatic rings. The van der Waals surface area contributed by atoms with E-state index in [1.165, 1.54) is 37.6 Å². The zero-order valence-electron chi connectivity index (χ0n) is 15.5. The predicted molar refractivity (Wildman–Crippen MR) is 107 cm³/mol. The van der Waals surface area contributed by atoms with E-state index in [2.05, 4.69) is 10.5 Å². The molecule has 29 heavy (non-hydrogen) atoms. The van der Waals surface area contributed by atoms with Gasteiger partial charge >= 0.3 is 5.91 Å². The topological polar surface area (TPSA) is 116 Å². The van der Waals surface area contributed by atoms with Gasteiger partial charge in [-0.25, -0.2) is 5.43 Å². The van der Waals surface area contributed by atoms with Gasteiger partial charge in [-0.2, -0.15) is 5.10 Å². The van der Waals surface area contributed by atoms with Crippen LogP contribution in [0.4, 0.5) is 5.69 Å². The molecule has 0 unspecified atom stereocenters. The van der Waals surface area contributed by atoms with Gasteiger partial charge in [0.05, 0.1) is 29.9 Å². The van der Waals surface area contributed by atoms with Crippen molar-refractivity contribution in [3.63, 3.8) is 0 Å². The molecule has 1 heterocycles. The van der Waals surface area contributed by atoms with Crippen molar-refractivity contribution in [1.82, 2.24) is 5.43 Å². The number of halogens is 1. The molecule has 0 atom stereocenters. The highest BCUT2D eigenvalue weighted by Gasteiger charge is 2.15. The van der Waals surface area contributed by atoms with Crippen LogP contribution in [-0.4, -0.2) is 30.8 Å². The minimum atomic E-state index is -0.607. The summed E-state index contributed by atoms with van der Waals surface area (Å²) in [5.41, 5.74) is 3.18. The van der Waals surface area contributed by atoms with Gasteiger partial charge in [-0.1, -0.05) is 11.6 Å².